The zero-order chi connectivity index (χ0) is 21.3. The number of halogens is 2. The molecular weight excluding hydrogens is 427 g/mol. The fraction of sp³-hybridized carbons (Fsp3) is 0.0909. The van der Waals surface area contributed by atoms with Gasteiger partial charge in [-0.2, -0.15) is 0 Å². The smallest absolute Gasteiger partial charge is 0.210 e. The van der Waals surface area contributed by atoms with Crippen molar-refractivity contribution >= 4 is 32.9 Å². The molecule has 0 N–H and O–H groups in total. The van der Waals surface area contributed by atoms with Crippen molar-refractivity contribution < 1.29 is 17.6 Å². The molecule has 8 heteroatoms. The van der Waals surface area contributed by atoms with E-state index in [4.69, 9.17) is 11.6 Å². The fourth-order valence-corrected chi connectivity index (χ4v) is 5.03. The van der Waals surface area contributed by atoms with Crippen LogP contribution in [-0.4, -0.2) is 23.6 Å². The molecule has 5 nitrogen and oxygen atoms in total. The van der Waals surface area contributed by atoms with Crippen LogP contribution in [0.1, 0.15) is 22.3 Å². The van der Waals surface area contributed by atoms with Gasteiger partial charge >= 0.3 is 0 Å². The minimum absolute atomic E-state index is 0.0274. The van der Waals surface area contributed by atoms with Crippen molar-refractivity contribution in [1.29, 1.82) is 0 Å². The number of Topliss-reactive ketones (excluding diaryl/α,β-unsaturated/α-hetero) is 1. The average molecular weight is 443 g/mol. The van der Waals surface area contributed by atoms with Gasteiger partial charge in [-0.05, 0) is 48.4 Å². The number of pyridine rings is 1. The molecule has 30 heavy (non-hydrogen) atoms. The summed E-state index contributed by atoms with van der Waals surface area (Å²) in [5.74, 6) is -0.924. The predicted octanol–water partition coefficient (Wildman–Crippen LogP) is 4.78. The quantitative estimate of drug-likeness (QED) is 0.403. The van der Waals surface area contributed by atoms with Crippen molar-refractivity contribution in [3.63, 3.8) is 0 Å². The lowest BCUT2D eigenvalue weighted by molar-refractivity contribution is 0.0982. The molecule has 4 rings (SSSR count). The summed E-state index contributed by atoms with van der Waals surface area (Å²) in [6.07, 6.45) is 5.88. The summed E-state index contributed by atoms with van der Waals surface area (Å²) < 4.78 is 41.3. The van der Waals surface area contributed by atoms with Crippen molar-refractivity contribution in [2.45, 2.75) is 22.6 Å². The van der Waals surface area contributed by atoms with Crippen LogP contribution >= 0.6 is 11.6 Å². The Hall–Kier alpha value is -3.03. The zero-order valence-corrected chi connectivity index (χ0v) is 17.2. The number of hydrogen-bond donors (Lipinski definition) is 0. The second kappa shape index (κ2) is 8.01. The molecule has 152 valence electrons. The molecule has 0 saturated carbocycles. The molecule has 4 aromatic rings. The Kier molecular flexibility index (Phi) is 5.40. The van der Waals surface area contributed by atoms with Crippen molar-refractivity contribution in [2.75, 3.05) is 0 Å². The lowest BCUT2D eigenvalue weighted by atomic mass is 10.0. The van der Waals surface area contributed by atoms with Gasteiger partial charge in [0, 0.05) is 30.6 Å². The summed E-state index contributed by atoms with van der Waals surface area (Å²) in [7, 11) is -4.09. The highest BCUT2D eigenvalue weighted by atomic mass is 35.5. The monoisotopic (exact) mass is 442 g/mol. The zero-order valence-electron chi connectivity index (χ0n) is 15.6. The SMILES string of the molecule is O=C(CCc1ccc(S(=O)(=O)c2c(F)cccc2Cl)cc1)c1ccc2nccn2c1. The first-order valence-electron chi connectivity index (χ1n) is 9.10. The third-order valence-corrected chi connectivity index (χ3v) is 7.04. The van der Waals surface area contributed by atoms with Gasteiger partial charge in [0.2, 0.25) is 9.84 Å². The van der Waals surface area contributed by atoms with E-state index in [1.165, 1.54) is 24.3 Å². The Morgan fingerprint density at radius 1 is 1.07 bits per heavy atom. The van der Waals surface area contributed by atoms with Gasteiger partial charge in [0.05, 0.1) is 9.92 Å². The van der Waals surface area contributed by atoms with Crippen LogP contribution in [0.15, 0.2) is 83.0 Å². The first kappa shape index (κ1) is 20.3. The van der Waals surface area contributed by atoms with Crippen LogP contribution in [-0.2, 0) is 16.3 Å². The lowest BCUT2D eigenvalue weighted by Crippen LogP contribution is -2.06. The average Bonchev–Trinajstić information content (AvgIpc) is 3.20. The molecule has 0 unspecified atom stereocenters. The summed E-state index contributed by atoms with van der Waals surface area (Å²) in [6, 6.07) is 13.3. The highest BCUT2D eigenvalue weighted by Crippen LogP contribution is 2.30. The molecule has 0 bridgehead atoms. The second-order valence-electron chi connectivity index (χ2n) is 6.73. The topological polar surface area (TPSA) is 68.5 Å². The van der Waals surface area contributed by atoms with E-state index in [9.17, 15) is 17.6 Å². The first-order valence-corrected chi connectivity index (χ1v) is 11.0. The van der Waals surface area contributed by atoms with E-state index in [-0.39, 0.29) is 22.1 Å². The van der Waals surface area contributed by atoms with Crippen LogP contribution in [0.3, 0.4) is 0 Å². The minimum Gasteiger partial charge on any atom is -0.306 e. The molecule has 0 aliphatic carbocycles. The van der Waals surface area contributed by atoms with Gasteiger partial charge in [0.1, 0.15) is 16.4 Å². The normalized spacial score (nSPS) is 11.7. The molecule has 0 atom stereocenters. The molecule has 0 aliphatic heterocycles. The number of nitrogens with zero attached hydrogens (tertiary/aromatic N) is 2. The van der Waals surface area contributed by atoms with Crippen LogP contribution < -0.4 is 0 Å². The number of carbonyl (C=O) groups is 1. The van der Waals surface area contributed by atoms with Crippen molar-refractivity contribution in [3.8, 4) is 0 Å². The van der Waals surface area contributed by atoms with Crippen LogP contribution in [0.5, 0.6) is 0 Å². The van der Waals surface area contributed by atoms with Gasteiger partial charge in [-0.1, -0.05) is 29.8 Å². The van der Waals surface area contributed by atoms with Crippen LogP contribution in [0, 0.1) is 5.82 Å². The number of sulfone groups is 1. The third kappa shape index (κ3) is 3.86. The second-order valence-corrected chi connectivity index (χ2v) is 9.03. The number of benzene rings is 2. The van der Waals surface area contributed by atoms with Gasteiger partial charge in [0.15, 0.2) is 5.78 Å². The highest BCUT2D eigenvalue weighted by molar-refractivity contribution is 7.91. The number of aromatic nitrogens is 2. The number of fused-ring (bicyclic) bond motifs is 1. The predicted molar refractivity (Wildman–Crippen MR) is 111 cm³/mol. The number of imidazole rings is 1. The van der Waals surface area contributed by atoms with E-state index >= 15 is 0 Å². The van der Waals surface area contributed by atoms with Crippen molar-refractivity contribution in [3.05, 3.63) is 95.2 Å². The number of rotatable bonds is 6. The number of hydrogen-bond acceptors (Lipinski definition) is 4. The molecular formula is C22H16ClFN2O3S. The van der Waals surface area contributed by atoms with Crippen LogP contribution in [0.4, 0.5) is 4.39 Å². The molecule has 2 heterocycles. The molecule has 0 fully saturated rings. The van der Waals surface area contributed by atoms with Gasteiger partial charge in [-0.3, -0.25) is 4.79 Å². The van der Waals surface area contributed by atoms with Crippen molar-refractivity contribution in [1.82, 2.24) is 9.38 Å². The minimum atomic E-state index is -4.09. The fourth-order valence-electron chi connectivity index (χ4n) is 3.18. The Morgan fingerprint density at radius 2 is 1.83 bits per heavy atom. The van der Waals surface area contributed by atoms with Crippen LogP contribution in [0.25, 0.3) is 5.65 Å². The van der Waals surface area contributed by atoms with Gasteiger partial charge < -0.3 is 4.40 Å². The molecule has 0 spiro atoms. The summed E-state index contributed by atoms with van der Waals surface area (Å²) in [5.41, 5.74) is 2.14. The molecule has 2 aromatic carbocycles. The maximum Gasteiger partial charge on any atom is 0.210 e. The van der Waals surface area contributed by atoms with E-state index in [1.807, 2.05) is 0 Å². The van der Waals surface area contributed by atoms with Gasteiger partial charge in [-0.25, -0.2) is 17.8 Å². The van der Waals surface area contributed by atoms with E-state index < -0.39 is 20.5 Å². The molecule has 0 aliphatic rings. The van der Waals surface area contributed by atoms with E-state index in [0.717, 1.165) is 17.3 Å². The lowest BCUT2D eigenvalue weighted by Gasteiger charge is -2.09. The van der Waals surface area contributed by atoms with E-state index in [2.05, 4.69) is 4.98 Å². The maximum atomic E-state index is 14.1. The summed E-state index contributed by atoms with van der Waals surface area (Å²) in [4.78, 5) is 16.0. The Labute approximate surface area is 177 Å². The maximum absolute atomic E-state index is 14.1. The van der Waals surface area contributed by atoms with Crippen molar-refractivity contribution in [2.24, 2.45) is 0 Å². The summed E-state index contributed by atoms with van der Waals surface area (Å²) >= 11 is 5.90. The van der Waals surface area contributed by atoms with Gasteiger partial charge in [-0.15, -0.1) is 0 Å². The summed E-state index contributed by atoms with van der Waals surface area (Å²) in [6.45, 7) is 0. The highest BCUT2D eigenvalue weighted by Gasteiger charge is 2.24. The standard InChI is InChI=1S/C22H16ClFN2O3S/c23-18-2-1-3-19(24)22(18)30(28,29)17-8-4-15(5-9-17)6-10-20(27)16-7-11-21-25-12-13-26(21)14-16/h1-5,7-9,11-14H,6,10H2. The van der Waals surface area contributed by atoms with E-state index in [1.54, 1.807) is 47.3 Å². The molecule has 0 amide bonds. The number of aryl methyl sites for hydroxylation is 1. The van der Waals surface area contributed by atoms with E-state index in [0.29, 0.717) is 12.0 Å². The molecule has 0 saturated heterocycles. The Morgan fingerprint density at radius 3 is 2.57 bits per heavy atom. The third-order valence-electron chi connectivity index (χ3n) is 4.77. The summed E-state index contributed by atoms with van der Waals surface area (Å²) in [5, 5.41) is -0.167. The molecule has 2 aromatic heterocycles. The molecule has 0 radical (unpaired) electrons. The first-order chi connectivity index (χ1) is 14.4. The Balaban J connectivity index is 1.49. The number of ketones is 1. The largest absolute Gasteiger partial charge is 0.306 e. The Bertz CT molecular complexity index is 1330. The van der Waals surface area contributed by atoms with Gasteiger partial charge in [0.25, 0.3) is 0 Å². The van der Waals surface area contributed by atoms with Crippen LogP contribution in [0.2, 0.25) is 5.02 Å². The number of carbonyl (C=O) groups excluding carboxylic acids is 1.